The van der Waals surface area contributed by atoms with Crippen LogP contribution >= 0.6 is 0 Å². The molecule has 5 nitrogen and oxygen atoms in total. The molecular weight excluding hydrogens is 310 g/mol. The molecule has 25 heavy (non-hydrogen) atoms. The van der Waals surface area contributed by atoms with E-state index in [0.717, 1.165) is 30.0 Å². The van der Waals surface area contributed by atoms with Gasteiger partial charge >= 0.3 is 0 Å². The molecule has 0 aliphatic rings. The van der Waals surface area contributed by atoms with E-state index in [1.54, 1.807) is 4.80 Å². The second kappa shape index (κ2) is 8.55. The zero-order valence-corrected chi connectivity index (χ0v) is 14.9. The fraction of sp³-hybridized carbons (Fsp3) is 0.300. The zero-order chi connectivity index (χ0) is 17.5. The van der Waals surface area contributed by atoms with Gasteiger partial charge in [0.2, 0.25) is 0 Å². The molecule has 0 unspecified atom stereocenters. The highest BCUT2D eigenvalue weighted by atomic mass is 15.5. The first-order valence-electron chi connectivity index (χ1n) is 8.61. The number of likely N-dealkylation sites (N-methyl/N-ethyl adjacent to an activating group) is 1. The van der Waals surface area contributed by atoms with Crippen molar-refractivity contribution in [2.75, 3.05) is 27.2 Å². The van der Waals surface area contributed by atoms with Gasteiger partial charge in [0.1, 0.15) is 11.4 Å². The van der Waals surface area contributed by atoms with Crippen molar-refractivity contribution in [3.63, 3.8) is 0 Å². The van der Waals surface area contributed by atoms with Gasteiger partial charge in [-0.2, -0.15) is 15.0 Å². The molecule has 1 N–H and O–H groups in total. The van der Waals surface area contributed by atoms with Gasteiger partial charge in [0.05, 0.1) is 6.54 Å². The van der Waals surface area contributed by atoms with E-state index in [-0.39, 0.29) is 0 Å². The molecule has 0 saturated carbocycles. The number of benzene rings is 2. The normalized spacial score (nSPS) is 11.2. The zero-order valence-electron chi connectivity index (χ0n) is 14.9. The molecule has 0 aliphatic heterocycles. The molecule has 3 aromatic rings. The van der Waals surface area contributed by atoms with Crippen LogP contribution in [0.4, 0.5) is 0 Å². The molecule has 0 saturated heterocycles. The van der Waals surface area contributed by atoms with Crippen LogP contribution in [0.15, 0.2) is 60.7 Å². The Morgan fingerprint density at radius 1 is 0.920 bits per heavy atom. The Hall–Kier alpha value is -2.50. The predicted molar refractivity (Wildman–Crippen MR) is 101 cm³/mol. The summed E-state index contributed by atoms with van der Waals surface area (Å²) in [5.41, 5.74) is 4.24. The molecule has 0 spiro atoms. The van der Waals surface area contributed by atoms with E-state index in [2.05, 4.69) is 48.6 Å². The van der Waals surface area contributed by atoms with Gasteiger partial charge in [0.25, 0.3) is 0 Å². The van der Waals surface area contributed by atoms with Crippen molar-refractivity contribution in [2.45, 2.75) is 13.1 Å². The molecule has 0 fully saturated rings. The van der Waals surface area contributed by atoms with Gasteiger partial charge in [-0.3, -0.25) is 0 Å². The largest absolute Gasteiger partial charge is 0.310 e. The predicted octanol–water partition coefficient (Wildman–Crippen LogP) is 2.64. The van der Waals surface area contributed by atoms with E-state index in [9.17, 15) is 0 Å². The second-order valence-electron chi connectivity index (χ2n) is 6.36. The Bertz CT molecular complexity index is 765. The molecule has 0 atom stereocenters. The minimum absolute atomic E-state index is 0.679. The van der Waals surface area contributed by atoms with Crippen molar-refractivity contribution in [3.8, 4) is 11.3 Å². The first-order chi connectivity index (χ1) is 12.2. The third-order valence-electron chi connectivity index (χ3n) is 3.97. The summed E-state index contributed by atoms with van der Waals surface area (Å²) in [7, 11) is 4.15. The maximum atomic E-state index is 4.74. The van der Waals surface area contributed by atoms with E-state index in [0.29, 0.717) is 13.1 Å². The van der Waals surface area contributed by atoms with Gasteiger partial charge in [-0.1, -0.05) is 60.7 Å². The first-order valence-corrected chi connectivity index (χ1v) is 8.61. The highest BCUT2D eigenvalue weighted by Gasteiger charge is 2.13. The van der Waals surface area contributed by atoms with Crippen LogP contribution in [-0.2, 0) is 13.1 Å². The molecule has 5 heteroatoms. The summed E-state index contributed by atoms with van der Waals surface area (Å²) in [6.45, 7) is 3.32. The Morgan fingerprint density at radius 2 is 1.60 bits per heavy atom. The SMILES string of the molecule is CN(C)CCNCc1nn(Cc2ccccc2)nc1-c1ccccc1. The van der Waals surface area contributed by atoms with Crippen LogP contribution in [0.1, 0.15) is 11.3 Å². The van der Waals surface area contributed by atoms with E-state index >= 15 is 0 Å². The Labute approximate surface area is 149 Å². The van der Waals surface area contributed by atoms with Gasteiger partial charge in [0, 0.05) is 25.2 Å². The first kappa shape index (κ1) is 17.3. The summed E-state index contributed by atoms with van der Waals surface area (Å²) >= 11 is 0. The van der Waals surface area contributed by atoms with Crippen LogP contribution in [0, 0.1) is 0 Å². The molecule has 0 amide bonds. The lowest BCUT2D eigenvalue weighted by Crippen LogP contribution is -2.26. The summed E-state index contributed by atoms with van der Waals surface area (Å²) in [5, 5.41) is 12.9. The lowest BCUT2D eigenvalue weighted by molar-refractivity contribution is 0.399. The van der Waals surface area contributed by atoms with E-state index in [1.165, 1.54) is 5.56 Å². The Balaban J connectivity index is 1.78. The minimum atomic E-state index is 0.679. The fourth-order valence-corrected chi connectivity index (χ4v) is 2.65. The third kappa shape index (κ3) is 4.98. The standard InChI is InChI=1S/C20H25N5/c1-24(2)14-13-21-15-19-20(18-11-7-4-8-12-18)23-25(22-19)16-17-9-5-3-6-10-17/h3-12,21H,13-16H2,1-2H3. The van der Waals surface area contributed by atoms with Crippen LogP contribution in [0.3, 0.4) is 0 Å². The van der Waals surface area contributed by atoms with E-state index in [4.69, 9.17) is 10.2 Å². The Kier molecular flexibility index (Phi) is 5.93. The van der Waals surface area contributed by atoms with Crippen molar-refractivity contribution in [3.05, 3.63) is 71.9 Å². The lowest BCUT2D eigenvalue weighted by atomic mass is 10.1. The summed E-state index contributed by atoms with van der Waals surface area (Å²) < 4.78 is 0. The van der Waals surface area contributed by atoms with Crippen molar-refractivity contribution >= 4 is 0 Å². The molecular formula is C20H25N5. The van der Waals surface area contributed by atoms with Crippen molar-refractivity contribution < 1.29 is 0 Å². The summed E-state index contributed by atoms with van der Waals surface area (Å²) in [6.07, 6.45) is 0. The number of hydrogen-bond donors (Lipinski definition) is 1. The molecule has 3 rings (SSSR count). The summed E-state index contributed by atoms with van der Waals surface area (Å²) in [4.78, 5) is 3.96. The van der Waals surface area contributed by atoms with Gasteiger partial charge in [-0.25, -0.2) is 0 Å². The van der Waals surface area contributed by atoms with E-state index < -0.39 is 0 Å². The Morgan fingerprint density at radius 3 is 2.28 bits per heavy atom. The number of nitrogens with zero attached hydrogens (tertiary/aromatic N) is 4. The fourth-order valence-electron chi connectivity index (χ4n) is 2.65. The average molecular weight is 335 g/mol. The number of aromatic nitrogens is 3. The number of rotatable bonds is 8. The molecule has 130 valence electrons. The quantitative estimate of drug-likeness (QED) is 0.643. The topological polar surface area (TPSA) is 46.0 Å². The monoisotopic (exact) mass is 335 g/mol. The third-order valence-corrected chi connectivity index (χ3v) is 3.97. The molecule has 0 aliphatic carbocycles. The summed E-state index contributed by atoms with van der Waals surface area (Å²) in [5.74, 6) is 0. The second-order valence-corrected chi connectivity index (χ2v) is 6.36. The lowest BCUT2D eigenvalue weighted by Gasteiger charge is -2.09. The summed E-state index contributed by atoms with van der Waals surface area (Å²) in [6, 6.07) is 20.6. The molecule has 0 bridgehead atoms. The van der Waals surface area contributed by atoms with Crippen LogP contribution in [0.5, 0.6) is 0 Å². The highest BCUT2D eigenvalue weighted by molar-refractivity contribution is 5.60. The highest BCUT2D eigenvalue weighted by Crippen LogP contribution is 2.20. The maximum absolute atomic E-state index is 4.74. The van der Waals surface area contributed by atoms with Crippen molar-refractivity contribution in [1.82, 2.24) is 25.2 Å². The minimum Gasteiger partial charge on any atom is -0.310 e. The van der Waals surface area contributed by atoms with E-state index in [1.807, 2.05) is 36.4 Å². The van der Waals surface area contributed by atoms with Gasteiger partial charge in [0.15, 0.2) is 0 Å². The number of hydrogen-bond acceptors (Lipinski definition) is 4. The smallest absolute Gasteiger partial charge is 0.117 e. The van der Waals surface area contributed by atoms with Crippen LogP contribution in [0.25, 0.3) is 11.3 Å². The van der Waals surface area contributed by atoms with Crippen molar-refractivity contribution in [2.24, 2.45) is 0 Å². The van der Waals surface area contributed by atoms with Crippen LogP contribution in [0.2, 0.25) is 0 Å². The average Bonchev–Trinajstić information content (AvgIpc) is 3.03. The van der Waals surface area contributed by atoms with Crippen LogP contribution < -0.4 is 5.32 Å². The molecule has 0 radical (unpaired) electrons. The maximum Gasteiger partial charge on any atom is 0.117 e. The number of nitrogens with one attached hydrogen (secondary N) is 1. The van der Waals surface area contributed by atoms with Crippen LogP contribution in [-0.4, -0.2) is 47.1 Å². The van der Waals surface area contributed by atoms with Gasteiger partial charge in [-0.05, 0) is 19.7 Å². The molecule has 1 aromatic heterocycles. The molecule has 2 aromatic carbocycles. The van der Waals surface area contributed by atoms with Crippen molar-refractivity contribution in [1.29, 1.82) is 0 Å². The van der Waals surface area contributed by atoms with Gasteiger partial charge in [-0.15, -0.1) is 0 Å². The van der Waals surface area contributed by atoms with Gasteiger partial charge < -0.3 is 10.2 Å². The molecule has 1 heterocycles.